The highest BCUT2D eigenvalue weighted by atomic mass is 16.5. The highest BCUT2D eigenvalue weighted by molar-refractivity contribution is 5.78. The molecular weight excluding hydrogens is 428 g/mol. The highest BCUT2D eigenvalue weighted by Crippen LogP contribution is 2.33. The maximum absolute atomic E-state index is 13.2. The average Bonchev–Trinajstić information content (AvgIpc) is 3.66. The smallest absolute Gasteiger partial charge is 0.223 e. The zero-order valence-corrected chi connectivity index (χ0v) is 19.1. The Morgan fingerprint density at radius 2 is 1.74 bits per heavy atom. The Balaban J connectivity index is 1.33. The Labute approximate surface area is 199 Å². The first-order valence-corrected chi connectivity index (χ1v) is 11.8. The Morgan fingerprint density at radius 1 is 0.971 bits per heavy atom. The lowest BCUT2D eigenvalue weighted by atomic mass is 10.1. The molecule has 0 bridgehead atoms. The zero-order chi connectivity index (χ0) is 23.2. The molecule has 0 aliphatic carbocycles. The highest BCUT2D eigenvalue weighted by Gasteiger charge is 2.24. The van der Waals surface area contributed by atoms with Gasteiger partial charge in [-0.2, -0.15) is 0 Å². The van der Waals surface area contributed by atoms with Gasteiger partial charge in [-0.25, -0.2) is 4.98 Å². The number of oxazole rings is 1. The first kappa shape index (κ1) is 22.2. The average molecular weight is 457 g/mol. The fourth-order valence-corrected chi connectivity index (χ4v) is 4.30. The molecule has 6 nitrogen and oxygen atoms in total. The number of amides is 1. The van der Waals surface area contributed by atoms with Crippen molar-refractivity contribution in [2.45, 2.75) is 38.3 Å². The molecule has 1 amide bonds. The lowest BCUT2D eigenvalue weighted by Gasteiger charge is -2.24. The molecule has 1 atom stereocenters. The number of aromatic nitrogens is 1. The van der Waals surface area contributed by atoms with Gasteiger partial charge in [0.2, 0.25) is 5.91 Å². The lowest BCUT2D eigenvalue weighted by molar-refractivity contribution is -0.133. The predicted octanol–water partition coefficient (Wildman–Crippen LogP) is 5.74. The van der Waals surface area contributed by atoms with Crippen molar-refractivity contribution in [3.8, 4) is 22.6 Å². The number of rotatable bonds is 9. The van der Waals surface area contributed by atoms with E-state index in [1.807, 2.05) is 77.7 Å². The standard InChI is InChI=1S/C28H28N2O4/c31-26(30(19-23-13-7-17-32-23)20-24-14-8-18-33-24)16-15-25-29-27(21-9-3-1-4-10-21)28(34-25)22-11-5-2-6-12-22/h1-7,9-13,17,24H,8,14-16,18-20H2. The summed E-state index contributed by atoms with van der Waals surface area (Å²) in [5, 5.41) is 0. The van der Waals surface area contributed by atoms with Gasteiger partial charge in [0, 0.05) is 37.1 Å². The third-order valence-corrected chi connectivity index (χ3v) is 6.03. The number of benzene rings is 2. The normalized spacial score (nSPS) is 15.5. The SMILES string of the molecule is O=C(CCc1nc(-c2ccccc2)c(-c2ccccc2)o1)N(Cc1ccco1)CC1CCCO1. The molecule has 0 saturated carbocycles. The molecule has 3 heterocycles. The van der Waals surface area contributed by atoms with E-state index in [9.17, 15) is 4.79 Å². The number of hydrogen-bond donors (Lipinski definition) is 0. The van der Waals surface area contributed by atoms with E-state index in [-0.39, 0.29) is 12.0 Å². The first-order valence-electron chi connectivity index (χ1n) is 11.8. The van der Waals surface area contributed by atoms with Gasteiger partial charge in [0.15, 0.2) is 11.7 Å². The molecule has 2 aromatic carbocycles. The van der Waals surface area contributed by atoms with Gasteiger partial charge in [-0.1, -0.05) is 60.7 Å². The third kappa shape index (κ3) is 5.29. The van der Waals surface area contributed by atoms with Crippen molar-refractivity contribution in [1.82, 2.24) is 9.88 Å². The van der Waals surface area contributed by atoms with E-state index in [4.69, 9.17) is 18.6 Å². The van der Waals surface area contributed by atoms with Crippen LogP contribution in [0.15, 0.2) is 87.9 Å². The molecule has 1 aliphatic heterocycles. The number of hydrogen-bond acceptors (Lipinski definition) is 5. The number of ether oxygens (including phenoxy) is 1. The van der Waals surface area contributed by atoms with Gasteiger partial charge < -0.3 is 18.5 Å². The van der Waals surface area contributed by atoms with Crippen LogP contribution in [0, 0.1) is 0 Å². The van der Waals surface area contributed by atoms with Crippen molar-refractivity contribution < 1.29 is 18.4 Å². The number of furan rings is 1. The molecule has 6 heteroatoms. The second kappa shape index (κ2) is 10.5. The number of aryl methyl sites for hydroxylation is 1. The maximum atomic E-state index is 13.2. The molecule has 1 saturated heterocycles. The third-order valence-electron chi connectivity index (χ3n) is 6.03. The van der Waals surface area contributed by atoms with Gasteiger partial charge >= 0.3 is 0 Å². The van der Waals surface area contributed by atoms with Crippen molar-refractivity contribution in [2.75, 3.05) is 13.2 Å². The second-order valence-electron chi connectivity index (χ2n) is 8.51. The summed E-state index contributed by atoms with van der Waals surface area (Å²) in [6, 6.07) is 23.7. The van der Waals surface area contributed by atoms with Gasteiger partial charge in [0.1, 0.15) is 11.5 Å². The van der Waals surface area contributed by atoms with Crippen LogP contribution in [0.2, 0.25) is 0 Å². The van der Waals surface area contributed by atoms with E-state index in [2.05, 4.69) is 0 Å². The van der Waals surface area contributed by atoms with Crippen LogP contribution in [0.3, 0.4) is 0 Å². The minimum atomic E-state index is 0.0348. The van der Waals surface area contributed by atoms with Crippen LogP contribution in [0.1, 0.15) is 30.9 Å². The van der Waals surface area contributed by atoms with Gasteiger partial charge in [-0.05, 0) is 25.0 Å². The first-order chi connectivity index (χ1) is 16.8. The van der Waals surface area contributed by atoms with Gasteiger partial charge in [0.05, 0.1) is 18.9 Å². The number of nitrogens with zero attached hydrogens (tertiary/aromatic N) is 2. The van der Waals surface area contributed by atoms with Gasteiger partial charge in [-0.15, -0.1) is 0 Å². The molecule has 1 aliphatic rings. The molecule has 0 N–H and O–H groups in total. The molecular formula is C28H28N2O4. The Bertz CT molecular complexity index is 1120. The fourth-order valence-electron chi connectivity index (χ4n) is 4.30. The second-order valence-corrected chi connectivity index (χ2v) is 8.51. The van der Waals surface area contributed by atoms with E-state index in [0.29, 0.717) is 31.8 Å². The zero-order valence-electron chi connectivity index (χ0n) is 19.1. The van der Waals surface area contributed by atoms with E-state index in [1.54, 1.807) is 6.26 Å². The minimum absolute atomic E-state index is 0.0348. The topological polar surface area (TPSA) is 68.7 Å². The van der Waals surface area contributed by atoms with Crippen LogP contribution in [0.5, 0.6) is 0 Å². The summed E-state index contributed by atoms with van der Waals surface area (Å²) in [6.45, 7) is 1.76. The van der Waals surface area contributed by atoms with Gasteiger partial charge in [-0.3, -0.25) is 4.79 Å². The molecule has 1 fully saturated rings. The summed E-state index contributed by atoms with van der Waals surface area (Å²) in [5.74, 6) is 2.08. The molecule has 174 valence electrons. The maximum Gasteiger partial charge on any atom is 0.223 e. The summed E-state index contributed by atoms with van der Waals surface area (Å²) < 4.78 is 17.5. The molecule has 2 aromatic heterocycles. The molecule has 4 aromatic rings. The van der Waals surface area contributed by atoms with Crippen molar-refractivity contribution in [3.63, 3.8) is 0 Å². The summed E-state index contributed by atoms with van der Waals surface area (Å²) in [4.78, 5) is 19.8. The predicted molar refractivity (Wildman–Crippen MR) is 129 cm³/mol. The summed E-state index contributed by atoms with van der Waals surface area (Å²) in [5.41, 5.74) is 2.74. The monoisotopic (exact) mass is 456 g/mol. The largest absolute Gasteiger partial charge is 0.467 e. The van der Waals surface area contributed by atoms with Crippen molar-refractivity contribution >= 4 is 5.91 Å². The van der Waals surface area contributed by atoms with Gasteiger partial charge in [0.25, 0.3) is 0 Å². The Hall–Kier alpha value is -3.64. The lowest BCUT2D eigenvalue weighted by Crippen LogP contribution is -2.37. The fraction of sp³-hybridized carbons (Fsp3) is 0.286. The van der Waals surface area contributed by atoms with Crippen LogP contribution in [0.25, 0.3) is 22.6 Å². The Kier molecular flexibility index (Phi) is 6.86. The van der Waals surface area contributed by atoms with Crippen LogP contribution < -0.4 is 0 Å². The minimum Gasteiger partial charge on any atom is -0.467 e. The summed E-state index contributed by atoms with van der Waals surface area (Å²) in [6.07, 6.45) is 4.45. The van der Waals surface area contributed by atoms with Crippen molar-refractivity contribution in [3.05, 3.63) is 90.7 Å². The number of carbonyl (C=O) groups excluding carboxylic acids is 1. The molecule has 34 heavy (non-hydrogen) atoms. The van der Waals surface area contributed by atoms with Crippen LogP contribution in [-0.4, -0.2) is 35.0 Å². The molecule has 0 radical (unpaired) electrons. The summed E-state index contributed by atoms with van der Waals surface area (Å²) >= 11 is 0. The Morgan fingerprint density at radius 3 is 2.41 bits per heavy atom. The van der Waals surface area contributed by atoms with Crippen LogP contribution in [0.4, 0.5) is 0 Å². The van der Waals surface area contributed by atoms with Crippen LogP contribution in [-0.2, 0) is 22.5 Å². The summed E-state index contributed by atoms with van der Waals surface area (Å²) in [7, 11) is 0. The van der Waals surface area contributed by atoms with E-state index in [1.165, 1.54) is 0 Å². The molecule has 5 rings (SSSR count). The molecule has 1 unspecified atom stereocenters. The number of carbonyl (C=O) groups is 1. The van der Waals surface area contributed by atoms with Crippen LogP contribution >= 0.6 is 0 Å². The quantitative estimate of drug-likeness (QED) is 0.321. The molecule has 0 spiro atoms. The van der Waals surface area contributed by atoms with E-state index >= 15 is 0 Å². The van der Waals surface area contributed by atoms with E-state index < -0.39 is 0 Å². The van der Waals surface area contributed by atoms with Crippen molar-refractivity contribution in [1.29, 1.82) is 0 Å². The van der Waals surface area contributed by atoms with Crippen molar-refractivity contribution in [2.24, 2.45) is 0 Å². The van der Waals surface area contributed by atoms with E-state index in [0.717, 1.165) is 47.8 Å².